The minimum atomic E-state index is -0.259. The smallest absolute Gasteiger partial charge is 0.146 e. The number of amidine groups is 1. The van der Waals surface area contributed by atoms with Gasteiger partial charge in [0, 0.05) is 56.7 Å². The molecule has 3 aliphatic rings. The van der Waals surface area contributed by atoms with Gasteiger partial charge in [-0.3, -0.25) is 5.32 Å². The van der Waals surface area contributed by atoms with Crippen molar-refractivity contribution in [1.29, 1.82) is 0 Å². The number of hydrogen-bond acceptors (Lipinski definition) is 6. The van der Waals surface area contributed by atoms with Gasteiger partial charge in [-0.1, -0.05) is 152 Å². The van der Waals surface area contributed by atoms with Crippen LogP contribution in [0.3, 0.4) is 0 Å². The third-order valence-corrected chi connectivity index (χ3v) is 12.3. The van der Waals surface area contributed by atoms with E-state index < -0.39 is 0 Å². The summed E-state index contributed by atoms with van der Waals surface area (Å²) in [4.78, 5) is 7.62. The summed E-state index contributed by atoms with van der Waals surface area (Å²) in [7, 11) is 0. The molecule has 7 aromatic carbocycles. The Labute approximate surface area is 353 Å². The quantitative estimate of drug-likeness (QED) is 0.168. The average molecular weight is 789 g/mol. The molecule has 4 unspecified atom stereocenters. The molecule has 3 heterocycles. The third-order valence-electron chi connectivity index (χ3n) is 12.3. The van der Waals surface area contributed by atoms with Crippen LogP contribution in [0.25, 0.3) is 50.1 Å². The molecule has 0 saturated carbocycles. The van der Waals surface area contributed by atoms with Crippen LogP contribution >= 0.6 is 0 Å². The number of allylic oxidation sites excluding steroid dienone is 5. The number of fused-ring (bicyclic) bond motifs is 8. The molecule has 0 amide bonds. The van der Waals surface area contributed by atoms with Crippen LogP contribution < -0.4 is 15.5 Å². The molecule has 0 radical (unpaired) electrons. The first-order chi connectivity index (χ1) is 30.2. The standard InChI is InChI=1S/C55H40N4O2/c1-4-15-37(16-5-1)53-56-54(38-17-6-2-7-18-38)58-55(57-53)47-33-32-42(50-46-30-26-35-14-10-11-21-43(35)51(46)61-52(47)50)36-24-27-40(28-25-36)59(39-19-8-3-9-20-39)41-29-31-45-44-22-12-13-23-48(44)60-49(45)34-41/h1-35,43,53-54,56H,(H,57,58). The van der Waals surface area contributed by atoms with Gasteiger partial charge in [-0.25, -0.2) is 4.99 Å². The van der Waals surface area contributed by atoms with E-state index in [1.165, 1.54) is 0 Å². The molecule has 0 spiro atoms. The summed E-state index contributed by atoms with van der Waals surface area (Å²) in [6, 6.07) is 59.5. The Morgan fingerprint density at radius 1 is 0.541 bits per heavy atom. The van der Waals surface area contributed by atoms with Gasteiger partial charge in [-0.15, -0.1) is 0 Å². The second-order valence-corrected chi connectivity index (χ2v) is 15.9. The Morgan fingerprint density at radius 2 is 1.21 bits per heavy atom. The third kappa shape index (κ3) is 6.11. The van der Waals surface area contributed by atoms with Crippen LogP contribution in [-0.4, -0.2) is 5.84 Å². The van der Waals surface area contributed by atoms with Crippen molar-refractivity contribution in [2.45, 2.75) is 18.2 Å². The highest BCUT2D eigenvalue weighted by molar-refractivity contribution is 6.14. The number of nitrogens with zero attached hydrogens (tertiary/aromatic N) is 2. The molecule has 2 aliphatic carbocycles. The lowest BCUT2D eigenvalue weighted by atomic mass is 9.80. The van der Waals surface area contributed by atoms with E-state index in [4.69, 9.17) is 13.8 Å². The predicted octanol–water partition coefficient (Wildman–Crippen LogP) is 13.7. The van der Waals surface area contributed by atoms with Crippen molar-refractivity contribution in [3.63, 3.8) is 0 Å². The molecule has 0 bridgehead atoms. The average Bonchev–Trinajstić information content (AvgIpc) is 3.92. The van der Waals surface area contributed by atoms with E-state index in [0.29, 0.717) is 0 Å². The van der Waals surface area contributed by atoms with Crippen LogP contribution in [0.2, 0.25) is 0 Å². The Balaban J connectivity index is 0.990. The Hall–Kier alpha value is -7.67. The molecule has 12 rings (SSSR count). The van der Waals surface area contributed by atoms with Gasteiger partial charge >= 0.3 is 0 Å². The van der Waals surface area contributed by atoms with Crippen molar-refractivity contribution < 1.29 is 8.83 Å². The van der Waals surface area contributed by atoms with E-state index >= 15 is 0 Å². The van der Waals surface area contributed by atoms with E-state index in [-0.39, 0.29) is 24.2 Å². The zero-order chi connectivity index (χ0) is 40.3. The van der Waals surface area contributed by atoms with Crippen molar-refractivity contribution in [3.05, 3.63) is 228 Å². The van der Waals surface area contributed by atoms with Gasteiger partial charge in [0.05, 0.1) is 5.56 Å². The van der Waals surface area contributed by atoms with E-state index in [1.807, 2.05) is 24.3 Å². The molecule has 61 heavy (non-hydrogen) atoms. The van der Waals surface area contributed by atoms with E-state index in [2.05, 4.69) is 198 Å². The van der Waals surface area contributed by atoms with Crippen molar-refractivity contribution in [3.8, 4) is 11.1 Å². The maximum absolute atomic E-state index is 7.13. The first-order valence-electron chi connectivity index (χ1n) is 20.9. The van der Waals surface area contributed by atoms with Crippen LogP contribution in [0.4, 0.5) is 17.1 Å². The van der Waals surface area contributed by atoms with Gasteiger partial charge in [-0.2, -0.15) is 0 Å². The summed E-state index contributed by atoms with van der Waals surface area (Å²) in [6.07, 6.45) is 12.9. The first-order valence-corrected chi connectivity index (χ1v) is 20.9. The summed E-state index contributed by atoms with van der Waals surface area (Å²) >= 11 is 0. The van der Waals surface area contributed by atoms with E-state index in [1.54, 1.807) is 0 Å². The number of furan rings is 2. The summed E-state index contributed by atoms with van der Waals surface area (Å²) in [5.74, 6) is 2.13. The molecule has 0 fully saturated rings. The largest absolute Gasteiger partial charge is 0.459 e. The number of aliphatic imine (C=N–C) groups is 1. The molecule has 6 nitrogen and oxygen atoms in total. The number of hydrogen-bond donors (Lipinski definition) is 2. The van der Waals surface area contributed by atoms with Gasteiger partial charge in [-0.05, 0) is 70.8 Å². The van der Waals surface area contributed by atoms with Crippen LogP contribution in [-0.2, 0) is 0 Å². The van der Waals surface area contributed by atoms with Crippen LogP contribution in [0, 0.1) is 5.92 Å². The molecule has 1 aliphatic heterocycles. The van der Waals surface area contributed by atoms with Crippen LogP contribution in [0.15, 0.2) is 214 Å². The lowest BCUT2D eigenvalue weighted by Crippen LogP contribution is -2.45. The summed E-state index contributed by atoms with van der Waals surface area (Å²) in [5.41, 5.74) is 12.2. The zero-order valence-corrected chi connectivity index (χ0v) is 33.2. The lowest BCUT2D eigenvalue weighted by Gasteiger charge is -2.32. The Morgan fingerprint density at radius 3 is 2.03 bits per heavy atom. The molecular weight excluding hydrogens is 749 g/mol. The number of rotatable bonds is 7. The number of nitrogens with one attached hydrogen (secondary N) is 2. The molecule has 9 aromatic rings. The minimum absolute atomic E-state index is 0.112. The van der Waals surface area contributed by atoms with Gasteiger partial charge in [0.2, 0.25) is 0 Å². The number of para-hydroxylation sites is 2. The van der Waals surface area contributed by atoms with E-state index in [9.17, 15) is 0 Å². The lowest BCUT2D eigenvalue weighted by molar-refractivity contribution is 0.408. The monoisotopic (exact) mass is 788 g/mol. The molecule has 6 heteroatoms. The molecule has 2 N–H and O–H groups in total. The molecular formula is C55H40N4O2. The van der Waals surface area contributed by atoms with Crippen LogP contribution in [0.5, 0.6) is 0 Å². The zero-order valence-electron chi connectivity index (χ0n) is 33.2. The second-order valence-electron chi connectivity index (χ2n) is 15.9. The van der Waals surface area contributed by atoms with Gasteiger partial charge < -0.3 is 19.1 Å². The van der Waals surface area contributed by atoms with Gasteiger partial charge in [0.25, 0.3) is 0 Å². The molecule has 4 atom stereocenters. The van der Waals surface area contributed by atoms with Gasteiger partial charge in [0.15, 0.2) is 0 Å². The van der Waals surface area contributed by atoms with Crippen molar-refractivity contribution in [2.75, 3.05) is 4.90 Å². The van der Waals surface area contributed by atoms with Crippen molar-refractivity contribution >= 4 is 61.9 Å². The summed E-state index contributed by atoms with van der Waals surface area (Å²) < 4.78 is 13.5. The summed E-state index contributed by atoms with van der Waals surface area (Å²) in [5, 5.41) is 10.8. The summed E-state index contributed by atoms with van der Waals surface area (Å²) in [6.45, 7) is 0. The normalized spacial score (nSPS) is 19.1. The molecule has 292 valence electrons. The highest BCUT2D eigenvalue weighted by Gasteiger charge is 2.33. The minimum Gasteiger partial charge on any atom is -0.459 e. The fraction of sp³-hybridized carbons (Fsp3) is 0.0727. The molecule has 2 aromatic heterocycles. The molecule has 0 saturated heterocycles. The SMILES string of the molecule is C1=CC2C=Cc3c(oc4c(C5=NC(c6ccccc6)NC(c6ccccc6)N5)ccc(-c5ccc(N(c6ccccc6)c6ccc7c(c6)oc6ccccc67)cc5)c34)C2C=C1. The van der Waals surface area contributed by atoms with Crippen molar-refractivity contribution in [2.24, 2.45) is 10.9 Å². The Kier molecular flexibility index (Phi) is 8.42. The highest BCUT2D eigenvalue weighted by atomic mass is 16.3. The first kappa shape index (κ1) is 35.3. The number of benzene rings is 7. The fourth-order valence-corrected chi connectivity index (χ4v) is 9.35. The van der Waals surface area contributed by atoms with E-state index in [0.717, 1.165) is 94.9 Å². The highest BCUT2D eigenvalue weighted by Crippen LogP contribution is 2.47. The maximum Gasteiger partial charge on any atom is 0.146 e. The van der Waals surface area contributed by atoms with Gasteiger partial charge in [0.1, 0.15) is 40.7 Å². The predicted molar refractivity (Wildman–Crippen MR) is 248 cm³/mol. The Bertz CT molecular complexity index is 3210. The van der Waals surface area contributed by atoms with Crippen LogP contribution in [0.1, 0.15) is 46.3 Å². The fourth-order valence-electron chi connectivity index (χ4n) is 9.35. The topological polar surface area (TPSA) is 65.9 Å². The number of anilines is 3. The maximum atomic E-state index is 7.13. The van der Waals surface area contributed by atoms with Crippen molar-refractivity contribution in [1.82, 2.24) is 10.6 Å². The second kappa shape index (κ2) is 14.6.